The molecule has 0 aliphatic carbocycles. The van der Waals surface area contributed by atoms with Crippen molar-refractivity contribution in [3.63, 3.8) is 0 Å². The monoisotopic (exact) mass is 602 g/mol. The summed E-state index contributed by atoms with van der Waals surface area (Å²) in [5, 5.41) is 20.6. The minimum Gasteiger partial charge on any atom is -0.375 e. The van der Waals surface area contributed by atoms with Gasteiger partial charge in [0.2, 0.25) is 0 Å². The number of thiazole rings is 1. The molecule has 3 aromatic heterocycles. The third-order valence-corrected chi connectivity index (χ3v) is 8.74. The average Bonchev–Trinajstić information content (AvgIpc) is 3.62. The number of hydrogen-bond acceptors (Lipinski definition) is 11. The number of aromatic nitrogens is 5. The molecular weight excluding hydrogens is 583 g/mol. The zero-order valence-corrected chi connectivity index (χ0v) is 23.4. The summed E-state index contributed by atoms with van der Waals surface area (Å²) >= 11 is 14.9. The Bertz CT molecular complexity index is 1500. The largest absolute Gasteiger partial charge is 0.375 e. The van der Waals surface area contributed by atoms with Crippen LogP contribution in [0.4, 0.5) is 0 Å². The SMILES string of the molecule is COC1C(Sc2cc(Cl)cnc2C#N)OC2COC(c3ccccc3)OC2C1n1cc(-c2csc(Cl)n2)nn1. The normalized spacial score (nSPS) is 26.6. The summed E-state index contributed by atoms with van der Waals surface area (Å²) in [6.45, 7) is 0.274. The highest BCUT2D eigenvalue weighted by Gasteiger charge is 2.52. The number of ether oxygens (including phenoxy) is 4. The highest BCUT2D eigenvalue weighted by Crippen LogP contribution is 2.45. The number of halogens is 2. The maximum Gasteiger partial charge on any atom is 0.184 e. The fourth-order valence-corrected chi connectivity index (χ4v) is 6.86. The van der Waals surface area contributed by atoms with Crippen LogP contribution in [-0.4, -0.2) is 62.4 Å². The third-order valence-electron chi connectivity index (χ3n) is 6.38. The summed E-state index contributed by atoms with van der Waals surface area (Å²) in [6.07, 6.45) is 1.12. The third kappa shape index (κ3) is 5.41. The van der Waals surface area contributed by atoms with Gasteiger partial charge >= 0.3 is 0 Å². The second-order valence-corrected chi connectivity index (χ2v) is 11.7. The molecular formula is C25H20Cl2N6O4S2. The fourth-order valence-electron chi connectivity index (χ4n) is 4.62. The van der Waals surface area contributed by atoms with Gasteiger partial charge in [0.15, 0.2) is 16.5 Å². The van der Waals surface area contributed by atoms with Crippen molar-refractivity contribution in [2.75, 3.05) is 13.7 Å². The van der Waals surface area contributed by atoms with E-state index in [0.29, 0.717) is 25.8 Å². The molecule has 1 aromatic carbocycles. The number of rotatable bonds is 6. The fraction of sp³-hybridized carbons (Fsp3) is 0.320. The Morgan fingerprint density at radius 2 is 2.05 bits per heavy atom. The second-order valence-electron chi connectivity index (χ2n) is 8.71. The standard InChI is InChI=1S/C25H20Cl2N6O4S2/c1-34-22-20(33-10-16(31-32-33)17-12-38-25(27)30-17)21-18(11-35-23(37-21)13-5-3-2-4-6-13)36-24(22)39-19-7-14(26)9-29-15(19)8-28/h2-7,9-10,12,18,20-24H,11H2,1H3. The van der Waals surface area contributed by atoms with Crippen molar-refractivity contribution in [1.82, 2.24) is 25.0 Å². The number of benzene rings is 1. The van der Waals surface area contributed by atoms with Crippen LogP contribution < -0.4 is 0 Å². The van der Waals surface area contributed by atoms with Crippen molar-refractivity contribution in [3.05, 3.63) is 74.9 Å². The molecule has 39 heavy (non-hydrogen) atoms. The van der Waals surface area contributed by atoms with Crippen LogP contribution in [0, 0.1) is 11.3 Å². The highest BCUT2D eigenvalue weighted by atomic mass is 35.5. The zero-order valence-electron chi connectivity index (χ0n) is 20.3. The first-order valence-electron chi connectivity index (χ1n) is 11.8. The van der Waals surface area contributed by atoms with Crippen molar-refractivity contribution in [2.45, 2.75) is 41.0 Å². The molecule has 0 saturated carbocycles. The Labute approximate surface area is 241 Å². The molecule has 6 unspecified atom stereocenters. The lowest BCUT2D eigenvalue weighted by atomic mass is 9.95. The molecule has 0 amide bonds. The van der Waals surface area contributed by atoms with E-state index in [1.54, 1.807) is 24.1 Å². The van der Waals surface area contributed by atoms with Crippen molar-refractivity contribution < 1.29 is 18.9 Å². The summed E-state index contributed by atoms with van der Waals surface area (Å²) in [5.74, 6) is 0. The number of methoxy groups -OCH3 is 1. The Kier molecular flexibility index (Phi) is 7.84. The van der Waals surface area contributed by atoms with Gasteiger partial charge in [0, 0.05) is 29.1 Å². The van der Waals surface area contributed by atoms with Gasteiger partial charge in [-0.05, 0) is 6.07 Å². The van der Waals surface area contributed by atoms with E-state index >= 15 is 0 Å². The van der Waals surface area contributed by atoms with Crippen LogP contribution in [0.25, 0.3) is 11.4 Å². The van der Waals surface area contributed by atoms with Crippen LogP contribution in [0.1, 0.15) is 23.6 Å². The molecule has 2 saturated heterocycles. The van der Waals surface area contributed by atoms with Crippen molar-refractivity contribution >= 4 is 46.3 Å². The lowest BCUT2D eigenvalue weighted by Crippen LogP contribution is -2.59. The minimum atomic E-state index is -0.595. The molecule has 0 radical (unpaired) electrons. The molecule has 6 rings (SSSR count). The number of fused-ring (bicyclic) bond motifs is 1. The summed E-state index contributed by atoms with van der Waals surface area (Å²) in [7, 11) is 1.60. The molecule has 2 aliphatic rings. The maximum absolute atomic E-state index is 9.61. The predicted octanol–water partition coefficient (Wildman–Crippen LogP) is 5.16. The van der Waals surface area contributed by atoms with Gasteiger partial charge in [-0.3, -0.25) is 0 Å². The molecule has 5 heterocycles. The Balaban J connectivity index is 1.37. The lowest BCUT2D eigenvalue weighted by molar-refractivity contribution is -0.308. The summed E-state index contributed by atoms with van der Waals surface area (Å²) < 4.78 is 27.2. The molecule has 0 bridgehead atoms. The number of pyridine rings is 1. The van der Waals surface area contributed by atoms with E-state index in [2.05, 4.69) is 26.3 Å². The van der Waals surface area contributed by atoms with Gasteiger partial charge in [0.05, 0.1) is 17.8 Å². The molecule has 10 nitrogen and oxygen atoms in total. The maximum atomic E-state index is 9.61. The average molecular weight is 604 g/mol. The smallest absolute Gasteiger partial charge is 0.184 e. The molecule has 200 valence electrons. The topological polar surface area (TPSA) is 117 Å². The van der Waals surface area contributed by atoms with E-state index in [9.17, 15) is 5.26 Å². The number of hydrogen-bond donors (Lipinski definition) is 0. The Morgan fingerprint density at radius 3 is 2.79 bits per heavy atom. The quantitative estimate of drug-likeness (QED) is 0.293. The Hall–Kier alpha value is -2.60. The molecule has 4 aromatic rings. The van der Waals surface area contributed by atoms with Gasteiger partial charge in [0.25, 0.3) is 0 Å². The first kappa shape index (κ1) is 26.6. The van der Waals surface area contributed by atoms with Gasteiger partial charge in [-0.2, -0.15) is 5.26 Å². The van der Waals surface area contributed by atoms with Crippen LogP contribution in [-0.2, 0) is 18.9 Å². The van der Waals surface area contributed by atoms with E-state index in [4.69, 9.17) is 42.1 Å². The van der Waals surface area contributed by atoms with Gasteiger partial charge < -0.3 is 18.9 Å². The van der Waals surface area contributed by atoms with Gasteiger partial charge in [-0.25, -0.2) is 14.6 Å². The number of thioether (sulfide) groups is 1. The highest BCUT2D eigenvalue weighted by molar-refractivity contribution is 7.99. The van der Waals surface area contributed by atoms with Gasteiger partial charge in [-0.15, -0.1) is 16.4 Å². The predicted molar refractivity (Wildman–Crippen MR) is 144 cm³/mol. The van der Waals surface area contributed by atoms with Crippen molar-refractivity contribution in [3.8, 4) is 17.5 Å². The van der Waals surface area contributed by atoms with Crippen LogP contribution in [0.5, 0.6) is 0 Å². The molecule has 2 fully saturated rings. The summed E-state index contributed by atoms with van der Waals surface area (Å²) in [6, 6.07) is 13.0. The van der Waals surface area contributed by atoms with E-state index in [0.717, 1.165) is 5.56 Å². The van der Waals surface area contributed by atoms with E-state index in [-0.39, 0.29) is 12.3 Å². The Morgan fingerprint density at radius 1 is 1.21 bits per heavy atom. The zero-order chi connectivity index (χ0) is 26.9. The summed E-state index contributed by atoms with van der Waals surface area (Å²) in [4.78, 5) is 9.04. The van der Waals surface area contributed by atoms with E-state index in [1.165, 1.54) is 29.3 Å². The molecule has 14 heteroatoms. The van der Waals surface area contributed by atoms with E-state index < -0.39 is 36.1 Å². The molecule has 0 spiro atoms. The van der Waals surface area contributed by atoms with Gasteiger partial charge in [-0.1, -0.05) is 70.5 Å². The second kappa shape index (κ2) is 11.5. The van der Waals surface area contributed by atoms with Gasteiger partial charge in [0.1, 0.15) is 47.2 Å². The molecule has 2 aliphatic heterocycles. The van der Waals surface area contributed by atoms with Crippen molar-refractivity contribution in [1.29, 1.82) is 5.26 Å². The number of nitrogens with zero attached hydrogens (tertiary/aromatic N) is 6. The van der Waals surface area contributed by atoms with Crippen molar-refractivity contribution in [2.24, 2.45) is 0 Å². The first-order chi connectivity index (χ1) is 19.0. The summed E-state index contributed by atoms with van der Waals surface area (Å²) in [5.41, 5.74) is 1.75. The minimum absolute atomic E-state index is 0.241. The lowest BCUT2D eigenvalue weighted by Gasteiger charge is -2.48. The first-order valence-corrected chi connectivity index (χ1v) is 14.3. The van der Waals surface area contributed by atoms with Crippen LogP contribution in [0.2, 0.25) is 9.49 Å². The number of nitriles is 1. The van der Waals surface area contributed by atoms with Crippen LogP contribution in [0.15, 0.2) is 59.1 Å². The molecule has 6 atom stereocenters. The van der Waals surface area contributed by atoms with E-state index in [1.807, 2.05) is 35.7 Å². The van der Waals surface area contributed by atoms with Crippen LogP contribution in [0.3, 0.4) is 0 Å². The molecule has 0 N–H and O–H groups in total. The van der Waals surface area contributed by atoms with Crippen LogP contribution >= 0.6 is 46.3 Å².